The molecule has 6 nitrogen and oxygen atoms in total. The van der Waals surface area contributed by atoms with Gasteiger partial charge in [0.15, 0.2) is 0 Å². The first-order valence-corrected chi connectivity index (χ1v) is 6.61. The minimum Gasteiger partial charge on any atom is -0.480 e. The van der Waals surface area contributed by atoms with Gasteiger partial charge in [0, 0.05) is 11.1 Å². The molecule has 0 heterocycles. The molecule has 0 bridgehead atoms. The fraction of sp³-hybridized carbons (Fsp3) is 0.182. The van der Waals surface area contributed by atoms with Crippen LogP contribution in [0.25, 0.3) is 0 Å². The van der Waals surface area contributed by atoms with E-state index in [-0.39, 0.29) is 6.42 Å². The van der Waals surface area contributed by atoms with Crippen LogP contribution in [-0.2, 0) is 21.2 Å². The molecule has 0 saturated heterocycles. The monoisotopic (exact) mass is 270 g/mol. The van der Waals surface area contributed by atoms with E-state index in [2.05, 4.69) is 11.3 Å². The van der Waals surface area contributed by atoms with Crippen LogP contribution in [0.1, 0.15) is 5.56 Å². The van der Waals surface area contributed by atoms with Crippen molar-refractivity contribution in [3.05, 3.63) is 41.8 Å². The van der Waals surface area contributed by atoms with Gasteiger partial charge in [-0.25, -0.2) is 8.42 Å². The average Bonchev–Trinajstić information content (AvgIpc) is 2.28. The first kappa shape index (κ1) is 14.2. The van der Waals surface area contributed by atoms with E-state index in [0.29, 0.717) is 11.3 Å². The number of sulfonamides is 1. The second kappa shape index (κ2) is 5.65. The van der Waals surface area contributed by atoms with E-state index in [0.717, 1.165) is 5.41 Å². The van der Waals surface area contributed by atoms with Crippen molar-refractivity contribution in [1.29, 1.82) is 0 Å². The lowest BCUT2D eigenvalue weighted by Gasteiger charge is -2.09. The summed E-state index contributed by atoms with van der Waals surface area (Å²) in [5.74, 6) is -1.10. The van der Waals surface area contributed by atoms with Crippen molar-refractivity contribution in [3.8, 4) is 0 Å². The second-order valence-electron chi connectivity index (χ2n) is 3.66. The zero-order chi connectivity index (χ0) is 13.8. The number of anilines is 1. The summed E-state index contributed by atoms with van der Waals surface area (Å²) in [5.41, 5.74) is 6.37. The van der Waals surface area contributed by atoms with E-state index in [1.165, 1.54) is 6.07 Å². The van der Waals surface area contributed by atoms with Crippen LogP contribution in [0, 0.1) is 0 Å². The summed E-state index contributed by atoms with van der Waals surface area (Å²) in [6.45, 7) is 3.17. The third kappa shape index (κ3) is 4.19. The highest BCUT2D eigenvalue weighted by molar-refractivity contribution is 7.95. The Morgan fingerprint density at radius 2 is 2.22 bits per heavy atom. The summed E-state index contributed by atoms with van der Waals surface area (Å²) in [5, 5.41) is 9.48. The van der Waals surface area contributed by atoms with Crippen molar-refractivity contribution in [2.45, 2.75) is 12.5 Å². The molecule has 0 spiro atoms. The van der Waals surface area contributed by atoms with Crippen LogP contribution in [0.5, 0.6) is 0 Å². The standard InChI is InChI=1S/C11H14N2O4S/c1-2-18(16,17)13-9-5-3-4-8(6-9)7-10(12)11(14)15/h2-6,10,13H,1,7,12H2,(H,14,15). The molecule has 0 aliphatic rings. The SMILES string of the molecule is C=CS(=O)(=O)Nc1cccc(CC(N)C(=O)O)c1. The number of nitrogens with one attached hydrogen (secondary N) is 1. The first-order chi connectivity index (χ1) is 8.34. The first-order valence-electron chi connectivity index (χ1n) is 5.06. The Hall–Kier alpha value is -1.86. The minimum atomic E-state index is -3.57. The van der Waals surface area contributed by atoms with Gasteiger partial charge >= 0.3 is 5.97 Å². The van der Waals surface area contributed by atoms with Gasteiger partial charge in [-0.2, -0.15) is 0 Å². The number of rotatable bonds is 6. The Balaban J connectivity index is 2.86. The van der Waals surface area contributed by atoms with Crippen molar-refractivity contribution >= 4 is 21.7 Å². The normalized spacial score (nSPS) is 12.7. The number of carboxylic acids is 1. The zero-order valence-electron chi connectivity index (χ0n) is 9.54. The molecule has 4 N–H and O–H groups in total. The number of hydrogen-bond donors (Lipinski definition) is 3. The molecule has 98 valence electrons. The number of aliphatic carboxylic acids is 1. The molecule has 0 aromatic heterocycles. The van der Waals surface area contributed by atoms with Crippen molar-refractivity contribution in [1.82, 2.24) is 0 Å². The quantitative estimate of drug-likeness (QED) is 0.698. The topological polar surface area (TPSA) is 109 Å². The molecular weight excluding hydrogens is 256 g/mol. The van der Waals surface area contributed by atoms with Crippen LogP contribution in [0.4, 0.5) is 5.69 Å². The van der Waals surface area contributed by atoms with E-state index in [1.807, 2.05) is 0 Å². The second-order valence-corrected chi connectivity index (χ2v) is 5.29. The molecule has 0 saturated carbocycles. The van der Waals surface area contributed by atoms with Crippen molar-refractivity contribution in [2.75, 3.05) is 4.72 Å². The van der Waals surface area contributed by atoms with Crippen molar-refractivity contribution in [2.24, 2.45) is 5.73 Å². The molecule has 0 amide bonds. The fourth-order valence-electron chi connectivity index (χ4n) is 1.31. The zero-order valence-corrected chi connectivity index (χ0v) is 10.4. The van der Waals surface area contributed by atoms with E-state index < -0.39 is 22.0 Å². The molecule has 0 aliphatic heterocycles. The Labute approximate surface area is 105 Å². The summed E-state index contributed by atoms with van der Waals surface area (Å²) < 4.78 is 24.8. The molecule has 1 aromatic carbocycles. The van der Waals surface area contributed by atoms with Crippen LogP contribution in [0.15, 0.2) is 36.3 Å². The number of benzene rings is 1. The number of carbonyl (C=O) groups is 1. The highest BCUT2D eigenvalue weighted by atomic mass is 32.2. The molecule has 1 aromatic rings. The van der Waals surface area contributed by atoms with Gasteiger partial charge < -0.3 is 10.8 Å². The molecule has 1 atom stereocenters. The molecule has 7 heteroatoms. The molecular formula is C11H14N2O4S. The summed E-state index contributed by atoms with van der Waals surface area (Å²) in [4.78, 5) is 10.6. The number of carboxylic acid groups (broad SMARTS) is 1. The molecule has 0 radical (unpaired) electrons. The van der Waals surface area contributed by atoms with Crippen LogP contribution < -0.4 is 10.5 Å². The summed E-state index contributed by atoms with van der Waals surface area (Å²) in [6.07, 6.45) is 0.124. The number of nitrogens with two attached hydrogens (primary N) is 1. The van der Waals surface area contributed by atoms with Gasteiger partial charge in [-0.1, -0.05) is 18.7 Å². The predicted octanol–water partition coefficient (Wildman–Crippen LogP) is 0.526. The van der Waals surface area contributed by atoms with Crippen molar-refractivity contribution < 1.29 is 18.3 Å². The summed E-state index contributed by atoms with van der Waals surface area (Å²) in [6, 6.07) is 5.36. The summed E-state index contributed by atoms with van der Waals surface area (Å²) >= 11 is 0. The Morgan fingerprint density at radius 1 is 1.56 bits per heavy atom. The molecule has 1 rings (SSSR count). The lowest BCUT2D eigenvalue weighted by Crippen LogP contribution is -2.32. The van der Waals surface area contributed by atoms with Crippen LogP contribution >= 0.6 is 0 Å². The van der Waals surface area contributed by atoms with Gasteiger partial charge in [0.2, 0.25) is 0 Å². The molecule has 0 fully saturated rings. The Bertz CT molecular complexity index is 554. The molecule has 1 unspecified atom stereocenters. The van der Waals surface area contributed by atoms with E-state index >= 15 is 0 Å². The van der Waals surface area contributed by atoms with Crippen LogP contribution in [-0.4, -0.2) is 25.5 Å². The van der Waals surface area contributed by atoms with Crippen LogP contribution in [0.3, 0.4) is 0 Å². The Morgan fingerprint density at radius 3 is 2.78 bits per heavy atom. The maximum absolute atomic E-state index is 11.3. The van der Waals surface area contributed by atoms with Gasteiger partial charge in [0.1, 0.15) is 6.04 Å². The molecule has 0 aliphatic carbocycles. The van der Waals surface area contributed by atoms with Crippen molar-refractivity contribution in [3.63, 3.8) is 0 Å². The predicted molar refractivity (Wildman–Crippen MR) is 68.5 cm³/mol. The third-order valence-electron chi connectivity index (χ3n) is 2.18. The summed E-state index contributed by atoms with van der Waals surface area (Å²) in [7, 11) is -3.57. The maximum atomic E-state index is 11.3. The Kier molecular flexibility index (Phi) is 4.46. The van der Waals surface area contributed by atoms with Gasteiger partial charge in [-0.05, 0) is 24.1 Å². The van der Waals surface area contributed by atoms with Crippen LogP contribution in [0.2, 0.25) is 0 Å². The average molecular weight is 270 g/mol. The molecule has 18 heavy (non-hydrogen) atoms. The van der Waals surface area contributed by atoms with Gasteiger partial charge in [0.25, 0.3) is 10.0 Å². The lowest BCUT2D eigenvalue weighted by molar-refractivity contribution is -0.138. The third-order valence-corrected chi connectivity index (χ3v) is 3.14. The largest absolute Gasteiger partial charge is 0.480 e. The highest BCUT2D eigenvalue weighted by Crippen LogP contribution is 2.14. The lowest BCUT2D eigenvalue weighted by atomic mass is 10.1. The van der Waals surface area contributed by atoms with Gasteiger partial charge in [-0.3, -0.25) is 9.52 Å². The highest BCUT2D eigenvalue weighted by Gasteiger charge is 2.12. The smallest absolute Gasteiger partial charge is 0.320 e. The minimum absolute atomic E-state index is 0.124. The maximum Gasteiger partial charge on any atom is 0.320 e. The fourth-order valence-corrected chi connectivity index (χ4v) is 1.85. The van der Waals surface area contributed by atoms with E-state index in [9.17, 15) is 13.2 Å². The number of hydrogen-bond acceptors (Lipinski definition) is 4. The van der Waals surface area contributed by atoms with E-state index in [4.69, 9.17) is 10.8 Å². The van der Waals surface area contributed by atoms with Gasteiger partial charge in [0.05, 0.1) is 0 Å². The van der Waals surface area contributed by atoms with E-state index in [1.54, 1.807) is 18.2 Å². The van der Waals surface area contributed by atoms with Gasteiger partial charge in [-0.15, -0.1) is 0 Å².